The molecule has 1 atom stereocenters. The topological polar surface area (TPSA) is 39.1 Å². The van der Waals surface area contributed by atoms with Crippen LogP contribution in [0.3, 0.4) is 0 Å². The van der Waals surface area contributed by atoms with Crippen molar-refractivity contribution in [3.05, 3.63) is 47.5 Å². The van der Waals surface area contributed by atoms with Crippen LogP contribution < -0.4 is 10.1 Å². The molecule has 0 bridgehead atoms. The molecule has 2 aromatic rings. The molecule has 1 unspecified atom stereocenters. The molecule has 2 rings (SSSR count). The van der Waals surface area contributed by atoms with E-state index >= 15 is 0 Å². The average molecular weight is 291 g/mol. The van der Waals surface area contributed by atoms with Crippen LogP contribution in [0.15, 0.2) is 30.5 Å². The second-order valence-corrected chi connectivity index (χ2v) is 4.86. The lowest BCUT2D eigenvalue weighted by Gasteiger charge is -2.20. The molecule has 0 saturated carbocycles. The van der Waals surface area contributed by atoms with Gasteiger partial charge in [-0.3, -0.25) is 4.68 Å². The zero-order valence-electron chi connectivity index (χ0n) is 12.8. The minimum atomic E-state index is -0.348. The van der Waals surface area contributed by atoms with Gasteiger partial charge in [0, 0.05) is 12.7 Å². The fraction of sp³-hybridized carbons (Fsp3) is 0.438. The maximum Gasteiger partial charge on any atom is 0.165 e. The Morgan fingerprint density at radius 2 is 2.14 bits per heavy atom. The summed E-state index contributed by atoms with van der Waals surface area (Å²) in [5.41, 5.74) is 1.91. The van der Waals surface area contributed by atoms with E-state index in [4.69, 9.17) is 4.74 Å². The summed E-state index contributed by atoms with van der Waals surface area (Å²) < 4.78 is 20.9. The van der Waals surface area contributed by atoms with Crippen LogP contribution in [0.2, 0.25) is 0 Å². The van der Waals surface area contributed by atoms with Crippen LogP contribution >= 0.6 is 0 Å². The molecule has 21 heavy (non-hydrogen) atoms. The smallest absolute Gasteiger partial charge is 0.165 e. The van der Waals surface area contributed by atoms with Gasteiger partial charge < -0.3 is 10.1 Å². The van der Waals surface area contributed by atoms with Gasteiger partial charge in [0.1, 0.15) is 0 Å². The maximum atomic E-state index is 14.0. The number of aryl methyl sites for hydroxylation is 1. The molecule has 0 aliphatic rings. The van der Waals surface area contributed by atoms with Crippen molar-refractivity contribution in [1.29, 1.82) is 0 Å². The zero-order chi connectivity index (χ0) is 15.2. The lowest BCUT2D eigenvalue weighted by molar-refractivity contribution is 0.385. The van der Waals surface area contributed by atoms with Crippen LogP contribution in [0.5, 0.6) is 5.75 Å². The van der Waals surface area contributed by atoms with Crippen molar-refractivity contribution in [2.24, 2.45) is 0 Å². The third-order valence-corrected chi connectivity index (χ3v) is 3.40. The third kappa shape index (κ3) is 3.42. The highest BCUT2D eigenvalue weighted by molar-refractivity contribution is 5.34. The number of nitrogens with zero attached hydrogens (tertiary/aromatic N) is 2. The molecular weight excluding hydrogens is 269 g/mol. The molecule has 114 valence electrons. The molecule has 5 heteroatoms. The summed E-state index contributed by atoms with van der Waals surface area (Å²) in [6.45, 7) is 5.78. The lowest BCUT2D eigenvalue weighted by atomic mass is 10.0. The summed E-state index contributed by atoms with van der Waals surface area (Å²) in [5.74, 6) is -0.0875. The zero-order valence-corrected chi connectivity index (χ0v) is 12.8. The molecule has 0 aliphatic heterocycles. The van der Waals surface area contributed by atoms with E-state index in [1.165, 1.54) is 13.2 Å². The van der Waals surface area contributed by atoms with Crippen molar-refractivity contribution < 1.29 is 9.13 Å². The Balaban J connectivity index is 2.38. The first-order chi connectivity index (χ1) is 10.2. The van der Waals surface area contributed by atoms with Crippen molar-refractivity contribution in [1.82, 2.24) is 15.1 Å². The quantitative estimate of drug-likeness (QED) is 0.852. The van der Waals surface area contributed by atoms with Crippen molar-refractivity contribution >= 4 is 0 Å². The van der Waals surface area contributed by atoms with E-state index in [0.29, 0.717) is 0 Å². The molecule has 1 aromatic heterocycles. The van der Waals surface area contributed by atoms with Crippen molar-refractivity contribution in [2.45, 2.75) is 32.9 Å². The summed E-state index contributed by atoms with van der Waals surface area (Å²) in [7, 11) is 1.47. The van der Waals surface area contributed by atoms with Crippen LogP contribution in [0.1, 0.15) is 37.6 Å². The summed E-state index contributed by atoms with van der Waals surface area (Å²) in [5, 5.41) is 7.75. The molecular formula is C16H22FN3O. The van der Waals surface area contributed by atoms with Gasteiger partial charge in [0.05, 0.1) is 18.8 Å². The number of aromatic nitrogens is 2. The van der Waals surface area contributed by atoms with E-state index < -0.39 is 0 Å². The first-order valence-electron chi connectivity index (χ1n) is 7.29. The molecule has 1 heterocycles. The number of ether oxygens (including phenoxy) is 1. The Bertz CT molecular complexity index is 583. The minimum absolute atomic E-state index is 0.0792. The monoisotopic (exact) mass is 291 g/mol. The molecule has 0 saturated heterocycles. The molecule has 0 spiro atoms. The predicted molar refractivity (Wildman–Crippen MR) is 81.0 cm³/mol. The molecule has 0 fully saturated rings. The van der Waals surface area contributed by atoms with Gasteiger partial charge in [0.25, 0.3) is 0 Å². The van der Waals surface area contributed by atoms with Gasteiger partial charge in [-0.25, -0.2) is 4.39 Å². The number of hydrogen-bond acceptors (Lipinski definition) is 3. The summed E-state index contributed by atoms with van der Waals surface area (Å²) >= 11 is 0. The highest BCUT2D eigenvalue weighted by atomic mass is 19.1. The normalized spacial score (nSPS) is 12.4. The lowest BCUT2D eigenvalue weighted by Crippen LogP contribution is -2.25. The van der Waals surface area contributed by atoms with E-state index in [2.05, 4.69) is 17.3 Å². The number of methoxy groups -OCH3 is 1. The molecule has 0 radical (unpaired) electrons. The number of nitrogens with one attached hydrogen (secondary N) is 1. The Morgan fingerprint density at radius 3 is 2.76 bits per heavy atom. The van der Waals surface area contributed by atoms with Gasteiger partial charge in [0.15, 0.2) is 11.6 Å². The van der Waals surface area contributed by atoms with Gasteiger partial charge in [0.2, 0.25) is 0 Å². The number of rotatable bonds is 7. The van der Waals surface area contributed by atoms with E-state index in [1.54, 1.807) is 12.3 Å². The minimum Gasteiger partial charge on any atom is -0.494 e. The van der Waals surface area contributed by atoms with Gasteiger partial charge in [-0.1, -0.05) is 19.9 Å². The third-order valence-electron chi connectivity index (χ3n) is 3.40. The first-order valence-corrected chi connectivity index (χ1v) is 7.29. The van der Waals surface area contributed by atoms with Crippen LogP contribution in [-0.4, -0.2) is 23.4 Å². The van der Waals surface area contributed by atoms with E-state index in [1.807, 2.05) is 23.7 Å². The average Bonchev–Trinajstić information content (AvgIpc) is 2.93. The van der Waals surface area contributed by atoms with E-state index in [9.17, 15) is 4.39 Å². The standard InChI is InChI=1S/C16H22FN3O/c1-4-10-20-14(8-9-19-20)16(18-5-2)12-6-7-15(21-3)13(17)11-12/h6-9,11,16,18H,4-5,10H2,1-3H3. The number of halogens is 1. The van der Waals surface area contributed by atoms with Crippen molar-refractivity contribution in [3.63, 3.8) is 0 Å². The first kappa shape index (κ1) is 15.5. The maximum absolute atomic E-state index is 14.0. The highest BCUT2D eigenvalue weighted by Gasteiger charge is 2.18. The van der Waals surface area contributed by atoms with Gasteiger partial charge >= 0.3 is 0 Å². The van der Waals surface area contributed by atoms with Gasteiger partial charge in [-0.15, -0.1) is 0 Å². The summed E-state index contributed by atoms with van der Waals surface area (Å²) in [4.78, 5) is 0. The van der Waals surface area contributed by atoms with Gasteiger partial charge in [-0.2, -0.15) is 5.10 Å². The fourth-order valence-corrected chi connectivity index (χ4v) is 2.45. The molecule has 0 aliphatic carbocycles. The van der Waals surface area contributed by atoms with Crippen molar-refractivity contribution in [3.8, 4) is 5.75 Å². The highest BCUT2D eigenvalue weighted by Crippen LogP contribution is 2.26. The van der Waals surface area contributed by atoms with Crippen LogP contribution in [0, 0.1) is 5.82 Å². The van der Waals surface area contributed by atoms with Crippen LogP contribution in [0.25, 0.3) is 0 Å². The Hall–Kier alpha value is -1.88. The largest absolute Gasteiger partial charge is 0.494 e. The molecule has 4 nitrogen and oxygen atoms in total. The van der Waals surface area contributed by atoms with E-state index in [0.717, 1.165) is 30.8 Å². The molecule has 1 aromatic carbocycles. The SMILES string of the molecule is CCCn1nccc1C(NCC)c1ccc(OC)c(F)c1. The Morgan fingerprint density at radius 1 is 1.33 bits per heavy atom. The molecule has 1 N–H and O–H groups in total. The van der Waals surface area contributed by atoms with Crippen LogP contribution in [-0.2, 0) is 6.54 Å². The van der Waals surface area contributed by atoms with Gasteiger partial charge in [-0.05, 0) is 36.7 Å². The number of benzene rings is 1. The Labute approximate surface area is 124 Å². The summed E-state index contributed by atoms with van der Waals surface area (Å²) in [6.07, 6.45) is 2.79. The second-order valence-electron chi connectivity index (χ2n) is 4.86. The summed E-state index contributed by atoms with van der Waals surface area (Å²) in [6, 6.07) is 6.97. The molecule has 0 amide bonds. The van der Waals surface area contributed by atoms with E-state index in [-0.39, 0.29) is 17.6 Å². The van der Waals surface area contributed by atoms with Crippen molar-refractivity contribution in [2.75, 3.05) is 13.7 Å². The predicted octanol–water partition coefficient (Wildman–Crippen LogP) is 3.14. The number of hydrogen-bond donors (Lipinski definition) is 1. The second kappa shape index (κ2) is 7.22. The van der Waals surface area contributed by atoms with Crippen LogP contribution in [0.4, 0.5) is 4.39 Å². The Kier molecular flexibility index (Phi) is 5.33. The fourth-order valence-electron chi connectivity index (χ4n) is 2.45.